The highest BCUT2D eigenvalue weighted by molar-refractivity contribution is 5.83. The molecule has 3 heteroatoms. The first-order valence-corrected chi connectivity index (χ1v) is 9.38. The van der Waals surface area contributed by atoms with Crippen LogP contribution in [0, 0.1) is 0 Å². The quantitative estimate of drug-likeness (QED) is 0.388. The van der Waals surface area contributed by atoms with Gasteiger partial charge in [-0.05, 0) is 39.0 Å². The van der Waals surface area contributed by atoms with Gasteiger partial charge in [-0.1, -0.05) is 51.2 Å². The van der Waals surface area contributed by atoms with E-state index in [1.165, 1.54) is 64.2 Å². The predicted octanol–water partition coefficient (Wildman–Crippen LogP) is 4.91. The molecule has 0 radical (unpaired) electrons. The Labute approximate surface area is 137 Å². The minimum absolute atomic E-state index is 0.387. The zero-order chi connectivity index (χ0) is 16.0. The fraction of sp³-hybridized carbons (Fsp3) is 0.842. The van der Waals surface area contributed by atoms with Crippen molar-refractivity contribution in [3.05, 3.63) is 12.2 Å². The fourth-order valence-electron chi connectivity index (χ4n) is 2.96. The van der Waals surface area contributed by atoms with E-state index in [-0.39, 0.29) is 6.23 Å². The average molecular weight is 309 g/mol. The summed E-state index contributed by atoms with van der Waals surface area (Å²) >= 11 is 0. The number of amidine groups is 1. The molecule has 1 unspecified atom stereocenters. The second-order valence-electron chi connectivity index (χ2n) is 6.40. The lowest BCUT2D eigenvalue weighted by Gasteiger charge is -2.23. The first-order chi connectivity index (χ1) is 10.8. The van der Waals surface area contributed by atoms with Gasteiger partial charge >= 0.3 is 0 Å². The van der Waals surface area contributed by atoms with E-state index in [0.29, 0.717) is 0 Å². The molecule has 0 spiro atoms. The highest BCUT2D eigenvalue weighted by atomic mass is 16.3. The van der Waals surface area contributed by atoms with E-state index >= 15 is 0 Å². The molecule has 3 nitrogen and oxygen atoms in total. The molecule has 0 fully saturated rings. The number of rotatable bonds is 13. The SMILES string of the molecule is CCCCCCC/C=C/CCCCCC1=NCCN1C(C)O. The summed E-state index contributed by atoms with van der Waals surface area (Å²) < 4.78 is 0. The number of unbranched alkanes of at least 4 members (excludes halogenated alkanes) is 8. The summed E-state index contributed by atoms with van der Waals surface area (Å²) in [6.07, 6.45) is 18.4. The van der Waals surface area contributed by atoms with E-state index in [1.807, 2.05) is 11.8 Å². The monoisotopic (exact) mass is 308 g/mol. The van der Waals surface area contributed by atoms with Crippen molar-refractivity contribution in [3.63, 3.8) is 0 Å². The van der Waals surface area contributed by atoms with Crippen LogP contribution in [0.15, 0.2) is 17.1 Å². The van der Waals surface area contributed by atoms with Gasteiger partial charge in [-0.3, -0.25) is 4.99 Å². The van der Waals surface area contributed by atoms with E-state index in [4.69, 9.17) is 0 Å². The van der Waals surface area contributed by atoms with E-state index in [0.717, 1.165) is 25.3 Å². The minimum Gasteiger partial charge on any atom is -0.374 e. The first kappa shape index (κ1) is 19.2. The lowest BCUT2D eigenvalue weighted by molar-refractivity contribution is 0.0766. The molecule has 1 aliphatic heterocycles. The molecule has 0 aromatic carbocycles. The maximum atomic E-state index is 9.65. The Morgan fingerprint density at radius 2 is 1.68 bits per heavy atom. The number of hydrogen-bond acceptors (Lipinski definition) is 3. The molecular weight excluding hydrogens is 272 g/mol. The van der Waals surface area contributed by atoms with Crippen LogP contribution < -0.4 is 0 Å². The van der Waals surface area contributed by atoms with E-state index in [1.54, 1.807) is 0 Å². The van der Waals surface area contributed by atoms with Crippen LogP contribution >= 0.6 is 0 Å². The van der Waals surface area contributed by atoms with Gasteiger partial charge in [-0.15, -0.1) is 0 Å². The van der Waals surface area contributed by atoms with Gasteiger partial charge < -0.3 is 10.0 Å². The van der Waals surface area contributed by atoms with Crippen LogP contribution in [-0.4, -0.2) is 35.2 Å². The molecule has 128 valence electrons. The standard InChI is InChI=1S/C19H36N2O/c1-3-4-5-6-7-8-9-10-11-12-13-14-15-19-20-16-17-21(19)18(2)22/h9-10,18,22H,3-8,11-17H2,1-2H3/b10-9+. The van der Waals surface area contributed by atoms with Crippen LogP contribution in [0.3, 0.4) is 0 Å². The predicted molar refractivity (Wildman–Crippen MR) is 96.3 cm³/mol. The van der Waals surface area contributed by atoms with E-state index in [2.05, 4.69) is 24.1 Å². The molecule has 22 heavy (non-hydrogen) atoms. The number of aliphatic hydroxyl groups excluding tert-OH is 1. The molecular formula is C19H36N2O. The maximum Gasteiger partial charge on any atom is 0.125 e. The smallest absolute Gasteiger partial charge is 0.125 e. The Balaban J connectivity index is 1.91. The van der Waals surface area contributed by atoms with Crippen molar-refractivity contribution in [2.45, 2.75) is 90.7 Å². The number of aliphatic imine (C=N–C) groups is 1. The van der Waals surface area contributed by atoms with Crippen molar-refractivity contribution in [1.29, 1.82) is 0 Å². The maximum absolute atomic E-state index is 9.65. The van der Waals surface area contributed by atoms with Crippen molar-refractivity contribution >= 4 is 5.84 Å². The third kappa shape index (κ3) is 8.57. The first-order valence-electron chi connectivity index (χ1n) is 9.38. The van der Waals surface area contributed by atoms with E-state index in [9.17, 15) is 5.11 Å². The molecule has 0 saturated heterocycles. The fourth-order valence-corrected chi connectivity index (χ4v) is 2.96. The van der Waals surface area contributed by atoms with Gasteiger partial charge in [0.05, 0.1) is 6.54 Å². The van der Waals surface area contributed by atoms with Crippen LogP contribution in [0.25, 0.3) is 0 Å². The molecule has 0 bridgehead atoms. The molecule has 1 N–H and O–H groups in total. The Kier molecular flexibility index (Phi) is 11.1. The molecule has 0 amide bonds. The lowest BCUT2D eigenvalue weighted by atomic mass is 10.1. The van der Waals surface area contributed by atoms with Crippen LogP contribution in [0.5, 0.6) is 0 Å². The van der Waals surface area contributed by atoms with Crippen molar-refractivity contribution in [2.75, 3.05) is 13.1 Å². The highest BCUT2D eigenvalue weighted by Crippen LogP contribution is 2.13. The topological polar surface area (TPSA) is 35.8 Å². The van der Waals surface area contributed by atoms with Crippen molar-refractivity contribution in [2.24, 2.45) is 4.99 Å². The van der Waals surface area contributed by atoms with Gasteiger partial charge in [0.1, 0.15) is 12.1 Å². The number of nitrogens with zero attached hydrogens (tertiary/aromatic N) is 2. The van der Waals surface area contributed by atoms with Crippen LogP contribution in [-0.2, 0) is 0 Å². The molecule has 1 atom stereocenters. The molecule has 0 aromatic rings. The Morgan fingerprint density at radius 3 is 2.32 bits per heavy atom. The average Bonchev–Trinajstić information content (AvgIpc) is 2.97. The van der Waals surface area contributed by atoms with Gasteiger partial charge in [-0.25, -0.2) is 0 Å². The van der Waals surface area contributed by atoms with Crippen molar-refractivity contribution in [1.82, 2.24) is 4.90 Å². The van der Waals surface area contributed by atoms with Gasteiger partial charge in [-0.2, -0.15) is 0 Å². The molecule has 1 aliphatic rings. The van der Waals surface area contributed by atoms with Crippen molar-refractivity contribution < 1.29 is 5.11 Å². The number of allylic oxidation sites excluding steroid dienone is 2. The second kappa shape index (κ2) is 12.7. The third-order valence-corrected chi connectivity index (χ3v) is 4.33. The summed E-state index contributed by atoms with van der Waals surface area (Å²) in [6, 6.07) is 0. The number of aliphatic hydroxyl groups is 1. The summed E-state index contributed by atoms with van der Waals surface area (Å²) in [7, 11) is 0. The largest absolute Gasteiger partial charge is 0.374 e. The lowest BCUT2D eigenvalue weighted by Crippen LogP contribution is -2.35. The minimum atomic E-state index is -0.387. The summed E-state index contributed by atoms with van der Waals surface area (Å²) in [6.45, 7) is 5.82. The molecule has 1 heterocycles. The molecule has 0 aliphatic carbocycles. The van der Waals surface area contributed by atoms with Crippen LogP contribution in [0.4, 0.5) is 0 Å². The summed E-state index contributed by atoms with van der Waals surface area (Å²) in [5.41, 5.74) is 0. The molecule has 0 aromatic heterocycles. The highest BCUT2D eigenvalue weighted by Gasteiger charge is 2.19. The Morgan fingerprint density at radius 1 is 1.05 bits per heavy atom. The summed E-state index contributed by atoms with van der Waals surface area (Å²) in [4.78, 5) is 6.52. The zero-order valence-corrected chi connectivity index (χ0v) is 14.8. The second-order valence-corrected chi connectivity index (χ2v) is 6.40. The van der Waals surface area contributed by atoms with Crippen LogP contribution in [0.2, 0.25) is 0 Å². The van der Waals surface area contributed by atoms with Gasteiger partial charge in [0.2, 0.25) is 0 Å². The Hall–Kier alpha value is -0.830. The Bertz CT molecular complexity index is 323. The van der Waals surface area contributed by atoms with E-state index < -0.39 is 0 Å². The van der Waals surface area contributed by atoms with Crippen LogP contribution in [0.1, 0.15) is 84.5 Å². The zero-order valence-electron chi connectivity index (χ0n) is 14.8. The van der Waals surface area contributed by atoms with Gasteiger partial charge in [0.15, 0.2) is 0 Å². The van der Waals surface area contributed by atoms with Gasteiger partial charge in [0.25, 0.3) is 0 Å². The summed E-state index contributed by atoms with van der Waals surface area (Å²) in [5, 5.41) is 9.65. The van der Waals surface area contributed by atoms with Crippen molar-refractivity contribution in [3.8, 4) is 0 Å². The normalized spacial score (nSPS) is 16.5. The molecule has 0 saturated carbocycles. The molecule has 1 rings (SSSR count). The number of hydrogen-bond donors (Lipinski definition) is 1. The summed E-state index contributed by atoms with van der Waals surface area (Å²) in [5.74, 6) is 1.11. The third-order valence-electron chi connectivity index (χ3n) is 4.33. The van der Waals surface area contributed by atoms with Gasteiger partial charge in [0, 0.05) is 13.0 Å².